The number of unbranched alkanes of at least 4 members (excludes halogenated alkanes) is 1. The van der Waals surface area contributed by atoms with E-state index in [0.29, 0.717) is 19.5 Å². The van der Waals surface area contributed by atoms with E-state index < -0.39 is 6.04 Å². The molecule has 0 saturated carbocycles. The highest BCUT2D eigenvalue weighted by Gasteiger charge is 2.30. The number of hydrogen-bond donors (Lipinski definition) is 1. The highest BCUT2D eigenvalue weighted by Crippen LogP contribution is 2.19. The first-order valence-corrected chi connectivity index (χ1v) is 11.9. The fourth-order valence-corrected chi connectivity index (χ4v) is 3.90. The number of nitrogens with one attached hydrogen (secondary N) is 1. The summed E-state index contributed by atoms with van der Waals surface area (Å²) in [5.74, 6) is 0.516. The first-order chi connectivity index (χ1) is 16.6. The van der Waals surface area contributed by atoms with Gasteiger partial charge in [-0.15, -0.1) is 0 Å². The second-order valence-corrected chi connectivity index (χ2v) is 8.39. The van der Waals surface area contributed by atoms with E-state index in [4.69, 9.17) is 4.74 Å². The summed E-state index contributed by atoms with van der Waals surface area (Å²) in [6.07, 6.45) is 2.57. The van der Waals surface area contributed by atoms with E-state index in [9.17, 15) is 9.59 Å². The number of methoxy groups -OCH3 is 1. The van der Waals surface area contributed by atoms with E-state index in [0.717, 1.165) is 35.3 Å². The maximum Gasteiger partial charge on any atom is 0.243 e. The fraction of sp³-hybridized carbons (Fsp3) is 0.310. The number of amides is 2. The van der Waals surface area contributed by atoms with Gasteiger partial charge in [-0.3, -0.25) is 9.59 Å². The maximum atomic E-state index is 13.7. The van der Waals surface area contributed by atoms with Crippen LogP contribution in [0.15, 0.2) is 84.9 Å². The Hall–Kier alpha value is -3.60. The first-order valence-electron chi connectivity index (χ1n) is 11.9. The number of nitrogens with zero attached hydrogens (tertiary/aromatic N) is 1. The van der Waals surface area contributed by atoms with Crippen LogP contribution in [0, 0.1) is 0 Å². The van der Waals surface area contributed by atoms with Crippen LogP contribution in [-0.2, 0) is 29.0 Å². The standard InChI is InChI=1S/C29H34N2O3/c1-3-4-18-30-29(33)27(20-23-12-7-5-8-13-23)31(22-25-16-11-17-26(19-25)34-2)28(32)21-24-14-9-6-10-15-24/h5-17,19,27H,3-4,18,20-22H2,1-2H3,(H,30,33). The summed E-state index contributed by atoms with van der Waals surface area (Å²) < 4.78 is 5.38. The van der Waals surface area contributed by atoms with Crippen LogP contribution in [0.25, 0.3) is 0 Å². The molecule has 5 nitrogen and oxygen atoms in total. The molecule has 0 fully saturated rings. The largest absolute Gasteiger partial charge is 0.497 e. The third kappa shape index (κ3) is 7.48. The van der Waals surface area contributed by atoms with E-state index >= 15 is 0 Å². The molecule has 0 aliphatic rings. The van der Waals surface area contributed by atoms with E-state index in [1.807, 2.05) is 84.9 Å². The number of carbonyl (C=O) groups excluding carboxylic acids is 2. The van der Waals surface area contributed by atoms with Crippen LogP contribution in [0.2, 0.25) is 0 Å². The van der Waals surface area contributed by atoms with Gasteiger partial charge >= 0.3 is 0 Å². The van der Waals surface area contributed by atoms with Gasteiger partial charge in [-0.1, -0.05) is 86.1 Å². The first kappa shape index (κ1) is 25.0. The number of rotatable bonds is 12. The van der Waals surface area contributed by atoms with Crippen molar-refractivity contribution in [2.75, 3.05) is 13.7 Å². The Morgan fingerprint density at radius 2 is 1.53 bits per heavy atom. The van der Waals surface area contributed by atoms with Gasteiger partial charge < -0.3 is 15.0 Å². The lowest BCUT2D eigenvalue weighted by molar-refractivity contribution is -0.140. The van der Waals surface area contributed by atoms with Gasteiger partial charge in [-0.05, 0) is 35.2 Å². The summed E-state index contributed by atoms with van der Waals surface area (Å²) in [7, 11) is 1.62. The van der Waals surface area contributed by atoms with Gasteiger partial charge in [0, 0.05) is 19.5 Å². The van der Waals surface area contributed by atoms with Crippen LogP contribution in [-0.4, -0.2) is 36.4 Å². The van der Waals surface area contributed by atoms with Gasteiger partial charge in [0.05, 0.1) is 13.5 Å². The number of carbonyl (C=O) groups is 2. The van der Waals surface area contributed by atoms with Crippen molar-refractivity contribution < 1.29 is 14.3 Å². The summed E-state index contributed by atoms with van der Waals surface area (Å²) in [6.45, 7) is 3.01. The number of benzene rings is 3. The quantitative estimate of drug-likeness (QED) is 0.397. The lowest BCUT2D eigenvalue weighted by Gasteiger charge is -2.32. The van der Waals surface area contributed by atoms with Crippen LogP contribution >= 0.6 is 0 Å². The smallest absolute Gasteiger partial charge is 0.243 e. The van der Waals surface area contributed by atoms with Gasteiger partial charge in [0.1, 0.15) is 11.8 Å². The Balaban J connectivity index is 1.93. The molecule has 0 bridgehead atoms. The fourth-order valence-electron chi connectivity index (χ4n) is 3.90. The minimum atomic E-state index is -0.623. The highest BCUT2D eigenvalue weighted by atomic mass is 16.5. The van der Waals surface area contributed by atoms with Crippen molar-refractivity contribution in [2.45, 2.75) is 45.2 Å². The summed E-state index contributed by atoms with van der Waals surface area (Å²) in [4.78, 5) is 28.8. The van der Waals surface area contributed by atoms with Crippen LogP contribution in [0.4, 0.5) is 0 Å². The molecule has 0 heterocycles. The Labute approximate surface area is 202 Å². The predicted molar refractivity (Wildman–Crippen MR) is 136 cm³/mol. The zero-order valence-corrected chi connectivity index (χ0v) is 20.1. The topological polar surface area (TPSA) is 58.6 Å². The van der Waals surface area contributed by atoms with Gasteiger partial charge in [-0.2, -0.15) is 0 Å². The van der Waals surface area contributed by atoms with E-state index in [2.05, 4.69) is 12.2 Å². The molecule has 3 aromatic rings. The molecular formula is C29H34N2O3. The van der Waals surface area contributed by atoms with Crippen molar-refractivity contribution in [3.8, 4) is 5.75 Å². The average Bonchev–Trinajstić information content (AvgIpc) is 2.87. The zero-order chi connectivity index (χ0) is 24.2. The Bertz CT molecular complexity index is 1040. The Morgan fingerprint density at radius 3 is 2.18 bits per heavy atom. The van der Waals surface area contributed by atoms with Crippen LogP contribution in [0.1, 0.15) is 36.5 Å². The maximum absolute atomic E-state index is 13.7. The average molecular weight is 459 g/mol. The van der Waals surface area contributed by atoms with Crippen LogP contribution in [0.3, 0.4) is 0 Å². The highest BCUT2D eigenvalue weighted by molar-refractivity contribution is 5.88. The zero-order valence-electron chi connectivity index (χ0n) is 20.1. The lowest BCUT2D eigenvalue weighted by Crippen LogP contribution is -2.51. The van der Waals surface area contributed by atoms with E-state index in [1.54, 1.807) is 12.0 Å². The van der Waals surface area contributed by atoms with Crippen LogP contribution in [0.5, 0.6) is 5.75 Å². The summed E-state index contributed by atoms with van der Waals surface area (Å²) in [6, 6.07) is 26.6. The summed E-state index contributed by atoms with van der Waals surface area (Å²) in [5.41, 5.74) is 2.86. The molecule has 1 unspecified atom stereocenters. The van der Waals surface area contributed by atoms with Crippen molar-refractivity contribution in [3.05, 3.63) is 102 Å². The SMILES string of the molecule is CCCCNC(=O)C(Cc1ccccc1)N(Cc1cccc(OC)c1)C(=O)Cc1ccccc1. The molecule has 2 amide bonds. The molecule has 5 heteroatoms. The monoisotopic (exact) mass is 458 g/mol. The summed E-state index contributed by atoms with van der Waals surface area (Å²) >= 11 is 0. The molecule has 3 rings (SSSR count). The van der Waals surface area contributed by atoms with E-state index in [-0.39, 0.29) is 18.2 Å². The molecule has 0 aliphatic carbocycles. The van der Waals surface area contributed by atoms with Crippen molar-refractivity contribution in [1.82, 2.24) is 10.2 Å². The van der Waals surface area contributed by atoms with Crippen molar-refractivity contribution in [1.29, 1.82) is 0 Å². The van der Waals surface area contributed by atoms with Gasteiger partial charge in [-0.25, -0.2) is 0 Å². The van der Waals surface area contributed by atoms with Crippen molar-refractivity contribution in [2.24, 2.45) is 0 Å². The second-order valence-electron chi connectivity index (χ2n) is 8.39. The molecule has 1 N–H and O–H groups in total. The molecule has 1 atom stereocenters. The minimum absolute atomic E-state index is 0.0828. The van der Waals surface area contributed by atoms with Crippen LogP contribution < -0.4 is 10.1 Å². The number of hydrogen-bond acceptors (Lipinski definition) is 3. The van der Waals surface area contributed by atoms with Gasteiger partial charge in [0.2, 0.25) is 11.8 Å². The number of ether oxygens (including phenoxy) is 1. The molecule has 0 aromatic heterocycles. The molecule has 34 heavy (non-hydrogen) atoms. The van der Waals surface area contributed by atoms with Crippen molar-refractivity contribution >= 4 is 11.8 Å². The Kier molecular flexibility index (Phi) is 9.71. The lowest BCUT2D eigenvalue weighted by atomic mass is 10.0. The molecule has 0 saturated heterocycles. The molecule has 0 spiro atoms. The van der Waals surface area contributed by atoms with Gasteiger partial charge in [0.15, 0.2) is 0 Å². The predicted octanol–water partition coefficient (Wildman–Crippen LogP) is 4.79. The Morgan fingerprint density at radius 1 is 0.882 bits per heavy atom. The third-order valence-electron chi connectivity index (χ3n) is 5.79. The van der Waals surface area contributed by atoms with Gasteiger partial charge in [0.25, 0.3) is 0 Å². The normalized spacial score (nSPS) is 11.5. The molecule has 0 aliphatic heterocycles. The third-order valence-corrected chi connectivity index (χ3v) is 5.79. The van der Waals surface area contributed by atoms with E-state index in [1.165, 1.54) is 0 Å². The van der Waals surface area contributed by atoms with Crippen molar-refractivity contribution in [3.63, 3.8) is 0 Å². The minimum Gasteiger partial charge on any atom is -0.497 e. The molecule has 178 valence electrons. The second kappa shape index (κ2) is 13.2. The summed E-state index contributed by atoms with van der Waals surface area (Å²) in [5, 5.41) is 3.05. The molecule has 3 aromatic carbocycles. The molecular weight excluding hydrogens is 424 g/mol. The molecule has 0 radical (unpaired) electrons.